The number of sulfonamides is 1. The lowest BCUT2D eigenvalue weighted by Crippen LogP contribution is -2.44. The minimum Gasteiger partial charge on any atom is -0.495 e. The third-order valence-corrected chi connectivity index (χ3v) is 7.23. The summed E-state index contributed by atoms with van der Waals surface area (Å²) in [6.07, 6.45) is 6.43. The molecule has 2 aromatic carbocycles. The number of para-hydroxylation sites is 1. The van der Waals surface area contributed by atoms with Crippen molar-refractivity contribution in [2.75, 3.05) is 18.0 Å². The molecule has 0 radical (unpaired) electrons. The average Bonchev–Trinajstić information content (AvgIpc) is 3.01. The lowest BCUT2D eigenvalue weighted by molar-refractivity contribution is -0.120. The van der Waals surface area contributed by atoms with Crippen LogP contribution in [0.3, 0.4) is 0 Å². The Balaban J connectivity index is 1.91. The number of anilines is 1. The molecular formula is C23H30N2O4S. The number of methoxy groups -OCH3 is 1. The molecular weight excluding hydrogens is 400 g/mol. The van der Waals surface area contributed by atoms with Crippen molar-refractivity contribution in [3.63, 3.8) is 0 Å². The third kappa shape index (κ3) is 5.33. The van der Waals surface area contributed by atoms with E-state index in [0.717, 1.165) is 35.6 Å². The Morgan fingerprint density at radius 2 is 1.73 bits per heavy atom. The summed E-state index contributed by atoms with van der Waals surface area (Å²) in [5.74, 6) is -0.0355. The van der Waals surface area contributed by atoms with Gasteiger partial charge in [-0.1, -0.05) is 49.9 Å². The summed E-state index contributed by atoms with van der Waals surface area (Å²) in [5.41, 5.74) is 1.24. The normalized spacial score (nSPS) is 15.3. The van der Waals surface area contributed by atoms with Gasteiger partial charge >= 0.3 is 0 Å². The maximum Gasteiger partial charge on any atom is 0.268 e. The Morgan fingerprint density at radius 1 is 1.07 bits per heavy atom. The summed E-state index contributed by atoms with van der Waals surface area (Å²) in [5, 5.41) is 3.05. The van der Waals surface area contributed by atoms with Crippen LogP contribution in [0.1, 0.15) is 44.1 Å². The van der Waals surface area contributed by atoms with Crippen molar-refractivity contribution < 1.29 is 17.9 Å². The van der Waals surface area contributed by atoms with E-state index < -0.39 is 10.0 Å². The van der Waals surface area contributed by atoms with E-state index in [4.69, 9.17) is 4.74 Å². The molecule has 1 fully saturated rings. The minimum absolute atomic E-state index is 0.0520. The molecule has 0 aliphatic heterocycles. The first-order valence-electron chi connectivity index (χ1n) is 10.4. The molecule has 0 spiro atoms. The predicted octanol–water partition coefficient (Wildman–Crippen LogP) is 4.04. The van der Waals surface area contributed by atoms with Gasteiger partial charge in [0.2, 0.25) is 5.91 Å². The number of hydrogen-bond acceptors (Lipinski definition) is 4. The molecule has 162 valence electrons. The monoisotopic (exact) mass is 430 g/mol. The van der Waals surface area contributed by atoms with Crippen LogP contribution in [-0.2, 0) is 14.8 Å². The highest BCUT2D eigenvalue weighted by Gasteiger charge is 2.30. The van der Waals surface area contributed by atoms with Gasteiger partial charge < -0.3 is 10.1 Å². The molecule has 0 heterocycles. The fraction of sp³-hybridized carbons (Fsp3) is 0.435. The number of hydrogen-bond donors (Lipinski definition) is 1. The third-order valence-electron chi connectivity index (χ3n) is 5.44. The van der Waals surface area contributed by atoms with Gasteiger partial charge in [0.1, 0.15) is 17.2 Å². The summed E-state index contributed by atoms with van der Waals surface area (Å²) >= 11 is 0. The van der Waals surface area contributed by atoms with Crippen molar-refractivity contribution in [1.29, 1.82) is 0 Å². The van der Waals surface area contributed by atoms with Gasteiger partial charge in [-0.2, -0.15) is 0 Å². The Hall–Kier alpha value is -2.54. The SMILES string of the molecule is COc1ccc(C)cc1S(=O)(=O)N(CC(=O)NC1CCCCCC1)c1ccccc1. The average molecular weight is 431 g/mol. The van der Waals surface area contributed by atoms with Gasteiger partial charge in [-0.25, -0.2) is 8.42 Å². The summed E-state index contributed by atoms with van der Waals surface area (Å²) < 4.78 is 33.7. The van der Waals surface area contributed by atoms with Crippen LogP contribution < -0.4 is 14.4 Å². The molecule has 0 unspecified atom stereocenters. The van der Waals surface area contributed by atoms with Gasteiger partial charge in [0.05, 0.1) is 12.8 Å². The van der Waals surface area contributed by atoms with E-state index >= 15 is 0 Å². The van der Waals surface area contributed by atoms with Gasteiger partial charge in [-0.3, -0.25) is 9.10 Å². The molecule has 1 N–H and O–H groups in total. The fourth-order valence-corrected chi connectivity index (χ4v) is 5.51. The Bertz CT molecular complexity index is 952. The standard InChI is InChI=1S/C23H30N2O4S/c1-18-14-15-21(29-2)22(16-18)30(27,28)25(20-12-8-5-9-13-20)17-23(26)24-19-10-6-3-4-7-11-19/h5,8-9,12-16,19H,3-4,6-7,10-11,17H2,1-2H3,(H,24,26). The number of amides is 1. The van der Waals surface area contributed by atoms with Gasteiger partial charge in [0.15, 0.2) is 0 Å². The van der Waals surface area contributed by atoms with Crippen molar-refractivity contribution in [2.24, 2.45) is 0 Å². The van der Waals surface area contributed by atoms with Crippen LogP contribution in [0, 0.1) is 6.92 Å². The Labute approximate surface area is 179 Å². The van der Waals surface area contributed by atoms with E-state index in [2.05, 4.69) is 5.32 Å². The predicted molar refractivity (Wildman–Crippen MR) is 118 cm³/mol. The molecule has 1 saturated carbocycles. The number of nitrogens with zero attached hydrogens (tertiary/aromatic N) is 1. The van der Waals surface area contributed by atoms with Crippen molar-refractivity contribution >= 4 is 21.6 Å². The molecule has 30 heavy (non-hydrogen) atoms. The first-order chi connectivity index (χ1) is 14.4. The van der Waals surface area contributed by atoms with Crippen molar-refractivity contribution in [2.45, 2.75) is 56.4 Å². The number of ether oxygens (including phenoxy) is 1. The van der Waals surface area contributed by atoms with Crippen molar-refractivity contribution in [3.05, 3.63) is 54.1 Å². The number of carbonyl (C=O) groups excluding carboxylic acids is 1. The van der Waals surface area contributed by atoms with Crippen molar-refractivity contribution in [3.8, 4) is 5.75 Å². The molecule has 1 aliphatic rings. The van der Waals surface area contributed by atoms with E-state index in [0.29, 0.717) is 5.69 Å². The maximum absolute atomic E-state index is 13.6. The van der Waals surface area contributed by atoms with Crippen LogP contribution >= 0.6 is 0 Å². The second-order valence-electron chi connectivity index (χ2n) is 7.76. The van der Waals surface area contributed by atoms with Crippen molar-refractivity contribution in [1.82, 2.24) is 5.32 Å². The zero-order valence-electron chi connectivity index (χ0n) is 17.6. The molecule has 2 aromatic rings. The van der Waals surface area contributed by atoms with Crippen LogP contribution in [-0.4, -0.2) is 34.0 Å². The molecule has 1 aliphatic carbocycles. The second-order valence-corrected chi connectivity index (χ2v) is 9.59. The largest absolute Gasteiger partial charge is 0.495 e. The van der Waals surface area contributed by atoms with Gasteiger partial charge in [0, 0.05) is 6.04 Å². The van der Waals surface area contributed by atoms with Gasteiger partial charge in [-0.15, -0.1) is 0 Å². The quantitative estimate of drug-likeness (QED) is 0.673. The summed E-state index contributed by atoms with van der Waals surface area (Å²) in [7, 11) is -2.58. The Kier molecular flexibility index (Phi) is 7.37. The number of rotatable bonds is 7. The number of carbonyl (C=O) groups is 1. The van der Waals surface area contributed by atoms with E-state index in [1.807, 2.05) is 13.0 Å². The Morgan fingerprint density at radius 3 is 2.37 bits per heavy atom. The summed E-state index contributed by atoms with van der Waals surface area (Å²) in [4.78, 5) is 12.9. The minimum atomic E-state index is -4.01. The van der Waals surface area contributed by atoms with E-state index in [9.17, 15) is 13.2 Å². The summed E-state index contributed by atoms with van der Waals surface area (Å²) in [6.45, 7) is 1.55. The van der Waals surface area contributed by atoms with E-state index in [-0.39, 0.29) is 29.1 Å². The lowest BCUT2D eigenvalue weighted by atomic mass is 10.1. The van der Waals surface area contributed by atoms with Crippen LogP contribution in [0.15, 0.2) is 53.4 Å². The topological polar surface area (TPSA) is 75.7 Å². The second kappa shape index (κ2) is 9.98. The maximum atomic E-state index is 13.6. The highest BCUT2D eigenvalue weighted by molar-refractivity contribution is 7.93. The molecule has 0 saturated heterocycles. The molecule has 7 heteroatoms. The zero-order chi connectivity index (χ0) is 21.6. The van der Waals surface area contributed by atoms with Crippen LogP contribution in [0.25, 0.3) is 0 Å². The smallest absolute Gasteiger partial charge is 0.268 e. The first-order valence-corrected chi connectivity index (χ1v) is 11.9. The number of nitrogens with one attached hydrogen (secondary N) is 1. The number of aryl methyl sites for hydroxylation is 1. The van der Waals surface area contributed by atoms with Gasteiger partial charge in [-0.05, 0) is 49.6 Å². The molecule has 3 rings (SSSR count). The fourth-order valence-electron chi connectivity index (χ4n) is 3.84. The van der Waals surface area contributed by atoms with Crippen LogP contribution in [0.5, 0.6) is 5.75 Å². The van der Waals surface area contributed by atoms with Crippen LogP contribution in [0.4, 0.5) is 5.69 Å². The highest BCUT2D eigenvalue weighted by atomic mass is 32.2. The highest BCUT2D eigenvalue weighted by Crippen LogP contribution is 2.30. The zero-order valence-corrected chi connectivity index (χ0v) is 18.5. The molecule has 0 aromatic heterocycles. The van der Waals surface area contributed by atoms with Crippen LogP contribution in [0.2, 0.25) is 0 Å². The molecule has 0 bridgehead atoms. The molecule has 0 atom stereocenters. The first kappa shape index (κ1) is 22.2. The summed E-state index contributed by atoms with van der Waals surface area (Å²) in [6, 6.07) is 13.8. The van der Waals surface area contributed by atoms with Gasteiger partial charge in [0.25, 0.3) is 10.0 Å². The number of benzene rings is 2. The lowest BCUT2D eigenvalue weighted by Gasteiger charge is -2.26. The van der Waals surface area contributed by atoms with E-state index in [1.54, 1.807) is 42.5 Å². The molecule has 1 amide bonds. The van der Waals surface area contributed by atoms with E-state index in [1.165, 1.54) is 20.0 Å². The molecule has 6 nitrogen and oxygen atoms in total.